The fourth-order valence-corrected chi connectivity index (χ4v) is 3.90. The van der Waals surface area contributed by atoms with Crippen LogP contribution in [0.5, 0.6) is 0 Å². The second-order valence-corrected chi connectivity index (χ2v) is 7.24. The van der Waals surface area contributed by atoms with Crippen LogP contribution in [0.15, 0.2) is 17.2 Å². The molecule has 0 amide bonds. The average Bonchev–Trinajstić information content (AvgIpc) is 2.99. The van der Waals surface area contributed by atoms with Crippen LogP contribution in [0.3, 0.4) is 0 Å². The zero-order chi connectivity index (χ0) is 13.2. The molecule has 2 rings (SSSR count). The first kappa shape index (κ1) is 13.9. The Balaban J connectivity index is 2.09. The van der Waals surface area contributed by atoms with Gasteiger partial charge in [0.25, 0.3) is 0 Å². The average molecular weight is 291 g/mol. The fourth-order valence-electron chi connectivity index (χ4n) is 2.48. The lowest BCUT2D eigenvalue weighted by Crippen LogP contribution is -2.31. The van der Waals surface area contributed by atoms with E-state index in [0.29, 0.717) is 23.2 Å². The van der Waals surface area contributed by atoms with Crippen LogP contribution < -0.4 is 0 Å². The number of sulfonamides is 1. The topological polar surface area (TPSA) is 53.2 Å². The molecule has 1 aromatic heterocycles. The molecule has 0 aliphatic heterocycles. The molecule has 1 aliphatic carbocycles. The van der Waals surface area contributed by atoms with Crippen LogP contribution in [0, 0.1) is 5.92 Å². The molecule has 4 nitrogen and oxygen atoms in total. The van der Waals surface area contributed by atoms with Gasteiger partial charge in [0.1, 0.15) is 0 Å². The molecule has 0 bridgehead atoms. The minimum atomic E-state index is -3.37. The largest absolute Gasteiger partial charge is 0.363 e. The highest BCUT2D eigenvalue weighted by Crippen LogP contribution is 2.27. The third-order valence-corrected chi connectivity index (χ3v) is 5.65. The number of halogens is 1. The molecule has 1 aliphatic rings. The molecule has 0 unspecified atom stereocenters. The highest BCUT2D eigenvalue weighted by atomic mass is 35.5. The summed E-state index contributed by atoms with van der Waals surface area (Å²) in [6.07, 6.45) is 6.23. The van der Waals surface area contributed by atoms with Crippen LogP contribution in [0.25, 0.3) is 0 Å². The van der Waals surface area contributed by atoms with E-state index >= 15 is 0 Å². The van der Waals surface area contributed by atoms with Gasteiger partial charge in [-0.05, 0) is 24.8 Å². The molecule has 18 heavy (non-hydrogen) atoms. The van der Waals surface area contributed by atoms with Gasteiger partial charge in [-0.25, -0.2) is 12.7 Å². The zero-order valence-corrected chi connectivity index (χ0v) is 12.1. The Labute approximate surface area is 113 Å². The minimum Gasteiger partial charge on any atom is -0.363 e. The van der Waals surface area contributed by atoms with Gasteiger partial charge < -0.3 is 4.98 Å². The highest BCUT2D eigenvalue weighted by Gasteiger charge is 2.26. The molecular weight excluding hydrogens is 272 g/mol. The molecule has 102 valence electrons. The summed E-state index contributed by atoms with van der Waals surface area (Å²) < 4.78 is 26.1. The Kier molecular flexibility index (Phi) is 4.35. The van der Waals surface area contributed by atoms with E-state index in [1.54, 1.807) is 13.1 Å². The van der Waals surface area contributed by atoms with E-state index in [0.717, 1.165) is 18.5 Å². The molecule has 6 heteroatoms. The number of hydrogen-bond acceptors (Lipinski definition) is 2. The van der Waals surface area contributed by atoms with Crippen molar-refractivity contribution < 1.29 is 8.42 Å². The maximum Gasteiger partial charge on any atom is 0.244 e. The minimum absolute atomic E-state index is 0.294. The fraction of sp³-hybridized carbons (Fsp3) is 0.667. The lowest BCUT2D eigenvalue weighted by molar-refractivity contribution is 0.387. The van der Waals surface area contributed by atoms with Crippen molar-refractivity contribution >= 4 is 21.6 Å². The molecule has 1 heterocycles. The van der Waals surface area contributed by atoms with Crippen molar-refractivity contribution in [3.8, 4) is 0 Å². The van der Waals surface area contributed by atoms with Gasteiger partial charge in [0.2, 0.25) is 10.0 Å². The molecule has 1 fully saturated rings. The summed E-state index contributed by atoms with van der Waals surface area (Å²) in [6.45, 7) is 0.615. The van der Waals surface area contributed by atoms with E-state index in [4.69, 9.17) is 11.6 Å². The van der Waals surface area contributed by atoms with Gasteiger partial charge in [0.05, 0.1) is 10.8 Å². The van der Waals surface area contributed by atoms with Gasteiger partial charge >= 0.3 is 0 Å². The van der Waals surface area contributed by atoms with E-state index in [1.807, 2.05) is 0 Å². The van der Waals surface area contributed by atoms with Crippen LogP contribution in [0.4, 0.5) is 0 Å². The molecule has 0 spiro atoms. The van der Waals surface area contributed by atoms with Crippen LogP contribution in [-0.2, 0) is 15.9 Å². The SMILES string of the molecule is CN(CC1CCCC1)S(=O)(=O)c1c[nH]c(CCl)c1. The second kappa shape index (κ2) is 5.63. The van der Waals surface area contributed by atoms with E-state index in [9.17, 15) is 8.42 Å². The zero-order valence-electron chi connectivity index (χ0n) is 10.5. The highest BCUT2D eigenvalue weighted by molar-refractivity contribution is 7.89. The molecule has 0 atom stereocenters. The number of rotatable bonds is 5. The number of aromatic amines is 1. The number of H-pyrrole nitrogens is 1. The smallest absolute Gasteiger partial charge is 0.244 e. The molecule has 0 aromatic carbocycles. The lowest BCUT2D eigenvalue weighted by atomic mass is 10.1. The summed E-state index contributed by atoms with van der Waals surface area (Å²) in [5.74, 6) is 0.804. The monoisotopic (exact) mass is 290 g/mol. The molecule has 0 radical (unpaired) electrons. The van der Waals surface area contributed by atoms with Crippen molar-refractivity contribution in [3.05, 3.63) is 18.0 Å². The van der Waals surface area contributed by atoms with Crippen molar-refractivity contribution in [2.45, 2.75) is 36.5 Å². The van der Waals surface area contributed by atoms with Gasteiger partial charge in [-0.15, -0.1) is 11.6 Å². The lowest BCUT2D eigenvalue weighted by Gasteiger charge is -2.19. The number of nitrogens with one attached hydrogen (secondary N) is 1. The first-order valence-corrected chi connectivity index (χ1v) is 8.21. The summed E-state index contributed by atoms with van der Waals surface area (Å²) >= 11 is 5.67. The normalized spacial score (nSPS) is 17.7. The third kappa shape index (κ3) is 2.90. The Bertz CT molecular complexity index is 492. The van der Waals surface area contributed by atoms with E-state index in [1.165, 1.54) is 23.3 Å². The molecule has 1 N–H and O–H groups in total. The Morgan fingerprint density at radius 2 is 2.11 bits per heavy atom. The van der Waals surface area contributed by atoms with Gasteiger partial charge in [0, 0.05) is 25.5 Å². The van der Waals surface area contributed by atoms with E-state index in [-0.39, 0.29) is 0 Å². The number of hydrogen-bond donors (Lipinski definition) is 1. The summed E-state index contributed by atoms with van der Waals surface area (Å²) in [5, 5.41) is 0. The van der Waals surface area contributed by atoms with Crippen LogP contribution in [0.1, 0.15) is 31.4 Å². The predicted octanol–water partition coefficient (Wildman–Crippen LogP) is 2.56. The van der Waals surface area contributed by atoms with Gasteiger partial charge in [-0.1, -0.05) is 12.8 Å². The van der Waals surface area contributed by atoms with Crippen LogP contribution in [0.2, 0.25) is 0 Å². The summed E-state index contributed by atoms with van der Waals surface area (Å²) in [4.78, 5) is 3.18. The third-order valence-electron chi connectivity index (χ3n) is 3.56. The quantitative estimate of drug-likeness (QED) is 0.848. The maximum absolute atomic E-state index is 12.3. The summed E-state index contributed by atoms with van der Waals surface area (Å²) in [6, 6.07) is 1.60. The molecule has 1 saturated carbocycles. The summed E-state index contributed by atoms with van der Waals surface area (Å²) in [5.41, 5.74) is 0.726. The van der Waals surface area contributed by atoms with Crippen molar-refractivity contribution in [3.63, 3.8) is 0 Å². The Hall–Kier alpha value is -0.520. The van der Waals surface area contributed by atoms with E-state index in [2.05, 4.69) is 4.98 Å². The van der Waals surface area contributed by atoms with E-state index < -0.39 is 10.0 Å². The first-order chi connectivity index (χ1) is 8.54. The van der Waals surface area contributed by atoms with Crippen molar-refractivity contribution in [1.29, 1.82) is 0 Å². The van der Waals surface area contributed by atoms with Crippen molar-refractivity contribution in [1.82, 2.24) is 9.29 Å². The predicted molar refractivity (Wildman–Crippen MR) is 72.1 cm³/mol. The maximum atomic E-state index is 12.3. The number of aromatic nitrogens is 1. The van der Waals surface area contributed by atoms with Gasteiger partial charge in [0.15, 0.2) is 0 Å². The van der Waals surface area contributed by atoms with Crippen LogP contribution >= 0.6 is 11.6 Å². The number of nitrogens with zero attached hydrogens (tertiary/aromatic N) is 1. The summed E-state index contributed by atoms with van der Waals surface area (Å²) in [7, 11) is -1.72. The van der Waals surface area contributed by atoms with Crippen molar-refractivity contribution in [2.75, 3.05) is 13.6 Å². The first-order valence-electron chi connectivity index (χ1n) is 6.23. The molecular formula is C12H19ClN2O2S. The second-order valence-electron chi connectivity index (χ2n) is 4.93. The van der Waals surface area contributed by atoms with Crippen molar-refractivity contribution in [2.24, 2.45) is 5.92 Å². The van der Waals surface area contributed by atoms with Gasteiger partial charge in [-0.2, -0.15) is 0 Å². The van der Waals surface area contributed by atoms with Gasteiger partial charge in [-0.3, -0.25) is 0 Å². The number of alkyl halides is 1. The molecule has 1 aromatic rings. The Morgan fingerprint density at radius 3 is 2.67 bits per heavy atom. The molecule has 0 saturated heterocycles. The van der Waals surface area contributed by atoms with Crippen LogP contribution in [-0.4, -0.2) is 31.3 Å². The standard InChI is InChI=1S/C12H19ClN2O2S/c1-15(9-10-4-2-3-5-10)18(16,17)12-6-11(7-13)14-8-12/h6,8,10,14H,2-5,7,9H2,1H3. The Morgan fingerprint density at radius 1 is 1.44 bits per heavy atom.